The van der Waals surface area contributed by atoms with Gasteiger partial charge in [0, 0.05) is 72.0 Å². The lowest BCUT2D eigenvalue weighted by atomic mass is 10.0. The number of fused-ring (bicyclic) bond motifs is 2. The van der Waals surface area contributed by atoms with Gasteiger partial charge in [-0.15, -0.1) is 5.10 Å². The summed E-state index contributed by atoms with van der Waals surface area (Å²) in [7, 11) is -3.84. The van der Waals surface area contributed by atoms with E-state index < -0.39 is 10.0 Å². The van der Waals surface area contributed by atoms with Crippen molar-refractivity contribution in [3.05, 3.63) is 88.9 Å². The van der Waals surface area contributed by atoms with Gasteiger partial charge in [0.25, 0.3) is 0 Å². The van der Waals surface area contributed by atoms with Crippen LogP contribution in [0.1, 0.15) is 24.2 Å². The fourth-order valence-corrected chi connectivity index (χ4v) is 6.63. The van der Waals surface area contributed by atoms with E-state index in [0.29, 0.717) is 11.9 Å². The summed E-state index contributed by atoms with van der Waals surface area (Å²) in [6.07, 6.45) is 3.62. The number of rotatable bonds is 7. The number of hydrogen-bond donors (Lipinski definition) is 1. The predicted octanol–water partition coefficient (Wildman–Crippen LogP) is 4.52. The average Bonchev–Trinajstić information content (AvgIpc) is 3.38. The van der Waals surface area contributed by atoms with Gasteiger partial charge in [-0.25, -0.2) is 13.6 Å². The number of anilines is 1. The first-order valence-corrected chi connectivity index (χ1v) is 15.5. The summed E-state index contributed by atoms with van der Waals surface area (Å²) in [5.41, 5.74) is 2.99. The van der Waals surface area contributed by atoms with Gasteiger partial charge in [0.05, 0.1) is 22.8 Å². The van der Waals surface area contributed by atoms with Gasteiger partial charge >= 0.3 is 0 Å². The van der Waals surface area contributed by atoms with E-state index in [4.69, 9.17) is 5.14 Å². The van der Waals surface area contributed by atoms with Crippen molar-refractivity contribution in [2.45, 2.75) is 30.8 Å². The molecule has 0 saturated carbocycles. The third-order valence-electron chi connectivity index (χ3n) is 7.53. The molecular formula is C29H30BrN7O2S. The van der Waals surface area contributed by atoms with E-state index in [2.05, 4.69) is 84.3 Å². The smallest absolute Gasteiger partial charge is 0.238 e. The van der Waals surface area contributed by atoms with E-state index >= 15 is 0 Å². The van der Waals surface area contributed by atoms with Crippen molar-refractivity contribution in [1.29, 1.82) is 0 Å². The minimum Gasteiger partial charge on any atom is -0.369 e. The lowest BCUT2D eigenvalue weighted by molar-refractivity contribution is 0.247. The fourth-order valence-electron chi connectivity index (χ4n) is 5.50. The Morgan fingerprint density at radius 2 is 1.75 bits per heavy atom. The van der Waals surface area contributed by atoms with Crippen molar-refractivity contribution in [1.82, 2.24) is 24.9 Å². The molecule has 206 valence electrons. The molecule has 2 aromatic heterocycles. The number of halogens is 1. The number of benzene rings is 3. The van der Waals surface area contributed by atoms with Crippen LogP contribution in [0, 0.1) is 0 Å². The van der Waals surface area contributed by atoms with E-state index in [-0.39, 0.29) is 10.8 Å². The quantitative estimate of drug-likeness (QED) is 0.285. The molecule has 0 aliphatic carbocycles. The highest BCUT2D eigenvalue weighted by atomic mass is 79.9. The molecule has 5 aromatic rings. The Kier molecular flexibility index (Phi) is 7.30. The summed E-state index contributed by atoms with van der Waals surface area (Å²) < 4.78 is 27.1. The van der Waals surface area contributed by atoms with Crippen LogP contribution in [0.25, 0.3) is 21.5 Å². The van der Waals surface area contributed by atoms with Crippen LogP contribution in [0.15, 0.2) is 82.4 Å². The molecule has 1 fully saturated rings. The third-order valence-corrected chi connectivity index (χ3v) is 8.99. The number of sulfonamides is 1. The second-order valence-electron chi connectivity index (χ2n) is 10.4. The monoisotopic (exact) mass is 619 g/mol. The highest BCUT2D eigenvalue weighted by molar-refractivity contribution is 9.10. The van der Waals surface area contributed by atoms with Gasteiger partial charge in [-0.3, -0.25) is 14.6 Å². The maximum atomic E-state index is 12.1. The minimum absolute atomic E-state index is 0.0133. The second kappa shape index (κ2) is 10.9. The molecular weight excluding hydrogens is 590 g/mol. The summed E-state index contributed by atoms with van der Waals surface area (Å²) in [6, 6.07) is 19.8. The van der Waals surface area contributed by atoms with Gasteiger partial charge in [-0.1, -0.05) is 52.3 Å². The van der Waals surface area contributed by atoms with Gasteiger partial charge in [-0.05, 0) is 47.2 Å². The van der Waals surface area contributed by atoms with Crippen molar-refractivity contribution < 1.29 is 8.42 Å². The maximum Gasteiger partial charge on any atom is 0.238 e. The van der Waals surface area contributed by atoms with E-state index in [9.17, 15) is 8.42 Å². The van der Waals surface area contributed by atoms with Crippen molar-refractivity contribution in [3.8, 4) is 0 Å². The molecule has 11 heteroatoms. The molecule has 6 rings (SSSR count). The van der Waals surface area contributed by atoms with E-state index in [1.54, 1.807) is 18.3 Å². The Balaban J connectivity index is 1.09. The number of nitrogens with zero attached hydrogens (tertiary/aromatic N) is 6. The molecule has 2 N–H and O–H groups in total. The Bertz CT molecular complexity index is 1800. The first kappa shape index (κ1) is 26.8. The molecule has 40 heavy (non-hydrogen) atoms. The van der Waals surface area contributed by atoms with Crippen LogP contribution in [0.2, 0.25) is 0 Å². The van der Waals surface area contributed by atoms with Crippen molar-refractivity contribution in [2.75, 3.05) is 31.1 Å². The number of primary sulfonamides is 1. The van der Waals surface area contributed by atoms with Crippen LogP contribution in [0.3, 0.4) is 0 Å². The largest absolute Gasteiger partial charge is 0.369 e. The lowest BCUT2D eigenvalue weighted by Crippen LogP contribution is -2.46. The molecule has 9 nitrogen and oxygen atoms in total. The van der Waals surface area contributed by atoms with Gasteiger partial charge in [-0.2, -0.15) is 0 Å². The molecule has 1 atom stereocenters. The van der Waals surface area contributed by atoms with E-state index in [1.807, 2.05) is 16.9 Å². The Hall–Kier alpha value is -3.38. The van der Waals surface area contributed by atoms with Crippen molar-refractivity contribution in [3.63, 3.8) is 0 Å². The molecule has 0 bridgehead atoms. The highest BCUT2D eigenvalue weighted by Crippen LogP contribution is 2.29. The first-order valence-electron chi connectivity index (χ1n) is 13.2. The summed E-state index contributed by atoms with van der Waals surface area (Å²) in [6.45, 7) is 7.20. The SMILES string of the molecule is C[C@@H](Cn1cc(CN2CCN(c3ccc4cc(Br)ccc4c3)CC2)nn1)c1nccc2c(S(N)(=O)=O)cccc12. The summed E-state index contributed by atoms with van der Waals surface area (Å²) >= 11 is 3.55. The van der Waals surface area contributed by atoms with Crippen LogP contribution in [-0.2, 0) is 23.1 Å². The number of aromatic nitrogens is 4. The normalized spacial score (nSPS) is 15.6. The van der Waals surface area contributed by atoms with E-state index in [1.165, 1.54) is 22.5 Å². The number of piperazine rings is 1. The predicted molar refractivity (Wildman–Crippen MR) is 161 cm³/mol. The fraction of sp³-hybridized carbons (Fsp3) is 0.276. The summed E-state index contributed by atoms with van der Waals surface area (Å²) in [4.78, 5) is 9.53. The Morgan fingerprint density at radius 1 is 0.975 bits per heavy atom. The first-order chi connectivity index (χ1) is 19.2. The molecule has 1 aliphatic heterocycles. The van der Waals surface area contributed by atoms with Crippen LogP contribution >= 0.6 is 15.9 Å². The maximum absolute atomic E-state index is 12.1. The molecule has 1 aliphatic rings. The van der Waals surface area contributed by atoms with E-state index in [0.717, 1.165) is 54.0 Å². The average molecular weight is 621 g/mol. The zero-order chi connectivity index (χ0) is 27.9. The highest BCUT2D eigenvalue weighted by Gasteiger charge is 2.20. The number of pyridine rings is 1. The lowest BCUT2D eigenvalue weighted by Gasteiger charge is -2.35. The van der Waals surface area contributed by atoms with Crippen LogP contribution in [-0.4, -0.2) is 59.5 Å². The number of hydrogen-bond acceptors (Lipinski definition) is 7. The van der Waals surface area contributed by atoms with Crippen LogP contribution in [0.4, 0.5) is 5.69 Å². The number of nitrogens with two attached hydrogens (primary N) is 1. The third kappa shape index (κ3) is 5.60. The van der Waals surface area contributed by atoms with Gasteiger partial charge in [0.2, 0.25) is 10.0 Å². The Morgan fingerprint density at radius 3 is 2.55 bits per heavy atom. The molecule has 0 spiro atoms. The molecule has 3 aromatic carbocycles. The molecule has 0 amide bonds. The molecule has 1 saturated heterocycles. The van der Waals surface area contributed by atoms with Gasteiger partial charge in [0.15, 0.2) is 0 Å². The topological polar surface area (TPSA) is 110 Å². The second-order valence-corrected chi connectivity index (χ2v) is 12.8. The van der Waals surface area contributed by atoms with Gasteiger partial charge in [0.1, 0.15) is 0 Å². The van der Waals surface area contributed by atoms with Crippen molar-refractivity contribution in [2.24, 2.45) is 5.14 Å². The summed E-state index contributed by atoms with van der Waals surface area (Å²) in [5, 5.41) is 18.1. The molecule has 0 radical (unpaired) electrons. The summed E-state index contributed by atoms with van der Waals surface area (Å²) in [5.74, 6) is -0.0133. The minimum atomic E-state index is -3.84. The molecule has 0 unspecified atom stereocenters. The zero-order valence-electron chi connectivity index (χ0n) is 22.1. The van der Waals surface area contributed by atoms with Crippen LogP contribution < -0.4 is 10.0 Å². The van der Waals surface area contributed by atoms with Gasteiger partial charge < -0.3 is 4.90 Å². The van der Waals surface area contributed by atoms with Crippen molar-refractivity contribution >= 4 is 53.2 Å². The standard InChI is InChI=1S/C29H30BrN7O2S/c1-20(29-27-3-2-4-28(40(31,38)39)26(27)9-10-32-29)17-37-19-24(33-34-37)18-35-11-13-36(14-12-35)25-8-6-21-15-23(30)7-5-22(21)16-25/h2-10,15-16,19-20H,11-14,17-18H2,1H3,(H2,31,38,39)/t20-/m0/s1. The van der Waals surface area contributed by atoms with Crippen LogP contribution in [0.5, 0.6) is 0 Å². The molecule has 3 heterocycles. The zero-order valence-corrected chi connectivity index (χ0v) is 24.5. The Labute approximate surface area is 241 Å².